The van der Waals surface area contributed by atoms with Crippen molar-refractivity contribution in [2.45, 2.75) is 18.9 Å². The fourth-order valence-corrected chi connectivity index (χ4v) is 3.27. The molecule has 0 fully saturated rings. The normalized spacial score (nSPS) is 11.7. The quantitative estimate of drug-likeness (QED) is 0.297. The van der Waals surface area contributed by atoms with Crippen LogP contribution in [-0.4, -0.2) is 37.6 Å². The van der Waals surface area contributed by atoms with E-state index in [1.807, 2.05) is 54.6 Å². The van der Waals surface area contributed by atoms with Gasteiger partial charge < -0.3 is 24.2 Å². The van der Waals surface area contributed by atoms with Crippen LogP contribution in [0.5, 0.6) is 17.2 Å². The summed E-state index contributed by atoms with van der Waals surface area (Å²) in [7, 11) is 3.10. The maximum Gasteiger partial charge on any atom is 0.305 e. The van der Waals surface area contributed by atoms with E-state index in [9.17, 15) is 10.1 Å². The summed E-state index contributed by atoms with van der Waals surface area (Å²) < 4.78 is 16.9. The molecule has 3 aromatic rings. The molecule has 35 heavy (non-hydrogen) atoms. The van der Waals surface area contributed by atoms with Gasteiger partial charge in [-0.05, 0) is 59.7 Å². The van der Waals surface area contributed by atoms with Gasteiger partial charge in [-0.25, -0.2) is 0 Å². The first-order chi connectivity index (χ1) is 17.0. The van der Waals surface area contributed by atoms with E-state index in [-0.39, 0.29) is 13.0 Å². The first-order valence-corrected chi connectivity index (χ1v) is 10.8. The molecule has 0 saturated heterocycles. The van der Waals surface area contributed by atoms with Gasteiger partial charge in [-0.3, -0.25) is 4.79 Å². The molecule has 3 rings (SSSR count). The molecule has 8 nitrogen and oxygen atoms in total. The highest BCUT2D eigenvalue weighted by Gasteiger charge is 2.14. The van der Waals surface area contributed by atoms with E-state index in [1.165, 1.54) is 7.11 Å². The van der Waals surface area contributed by atoms with Crippen molar-refractivity contribution in [1.82, 2.24) is 0 Å². The third-order valence-electron chi connectivity index (χ3n) is 5.15. The number of nitriles is 1. The lowest BCUT2D eigenvalue weighted by Gasteiger charge is -2.11. The zero-order valence-electron chi connectivity index (χ0n) is 19.5. The molecule has 0 bridgehead atoms. The molecular weight excluding hydrogens is 448 g/mol. The second-order valence-corrected chi connectivity index (χ2v) is 7.52. The molecule has 0 aliphatic rings. The van der Waals surface area contributed by atoms with Gasteiger partial charge in [0.1, 0.15) is 43.3 Å². The lowest BCUT2D eigenvalue weighted by atomic mass is 9.97. The van der Waals surface area contributed by atoms with Crippen molar-refractivity contribution in [3.8, 4) is 23.3 Å². The van der Waals surface area contributed by atoms with Crippen LogP contribution in [0.2, 0.25) is 0 Å². The predicted octanol–water partition coefficient (Wildman–Crippen LogP) is 4.79. The predicted molar refractivity (Wildman–Crippen MR) is 130 cm³/mol. The summed E-state index contributed by atoms with van der Waals surface area (Å²) in [6.45, 7) is 0.576. The number of benzene rings is 3. The summed E-state index contributed by atoms with van der Waals surface area (Å²) in [4.78, 5) is 15.8. The highest BCUT2D eigenvalue weighted by Crippen LogP contribution is 2.23. The summed E-state index contributed by atoms with van der Waals surface area (Å²) in [5.41, 5.74) is 3.11. The van der Waals surface area contributed by atoms with E-state index in [0.29, 0.717) is 29.4 Å². The Morgan fingerprint density at radius 2 is 1.51 bits per heavy atom. The van der Waals surface area contributed by atoms with Gasteiger partial charge in [0.15, 0.2) is 0 Å². The largest absolute Gasteiger partial charge is 0.497 e. The van der Waals surface area contributed by atoms with Gasteiger partial charge in [0.25, 0.3) is 0 Å². The van der Waals surface area contributed by atoms with E-state index in [2.05, 4.69) is 5.16 Å². The lowest BCUT2D eigenvalue weighted by Crippen LogP contribution is -2.13. The van der Waals surface area contributed by atoms with Crippen LogP contribution in [-0.2, 0) is 16.2 Å². The molecule has 180 valence electrons. The van der Waals surface area contributed by atoms with E-state index in [0.717, 1.165) is 16.9 Å². The number of methoxy groups -OCH3 is 1. The first-order valence-electron chi connectivity index (χ1n) is 10.8. The van der Waals surface area contributed by atoms with Gasteiger partial charge in [0.05, 0.1) is 25.5 Å². The molecule has 0 heterocycles. The van der Waals surface area contributed by atoms with Crippen LogP contribution in [0.25, 0.3) is 0 Å². The Bertz CT molecular complexity index is 1170. The highest BCUT2D eigenvalue weighted by atomic mass is 16.6. The van der Waals surface area contributed by atoms with Crippen molar-refractivity contribution >= 4 is 11.7 Å². The lowest BCUT2D eigenvalue weighted by molar-refractivity contribution is -0.137. The molecule has 1 N–H and O–H groups in total. The van der Waals surface area contributed by atoms with Crippen molar-refractivity contribution in [1.29, 1.82) is 5.26 Å². The number of rotatable bonds is 12. The number of carbonyl (C=O) groups is 1. The van der Waals surface area contributed by atoms with Crippen LogP contribution in [0, 0.1) is 11.3 Å². The fourth-order valence-electron chi connectivity index (χ4n) is 3.27. The second kappa shape index (κ2) is 12.7. The Morgan fingerprint density at radius 1 is 0.914 bits per heavy atom. The Balaban J connectivity index is 1.53. The molecule has 0 aliphatic heterocycles. The second-order valence-electron chi connectivity index (χ2n) is 7.52. The topological polar surface area (TPSA) is 110 Å². The average Bonchev–Trinajstić information content (AvgIpc) is 2.89. The molecule has 0 amide bonds. The summed E-state index contributed by atoms with van der Waals surface area (Å²) >= 11 is 0. The van der Waals surface area contributed by atoms with Crippen molar-refractivity contribution < 1.29 is 28.9 Å². The molecule has 0 radical (unpaired) electrons. The molecule has 0 aromatic heterocycles. The maximum atomic E-state index is 10.9. The Morgan fingerprint density at radius 3 is 2.09 bits per heavy atom. The number of oxime groups is 1. The standard InChI is InChI=1S/C27H26N2O6/c1-32-23-11-7-21(8-12-23)26(29-33-2)18-35-24-9-3-19(4-10-24)17-34-25-13-5-20(6-14-25)22(16-28)15-27(30)31/h3-14,22H,15,17-18H2,1-2H3,(H,30,31)/b29-26+. The van der Waals surface area contributed by atoms with Crippen molar-refractivity contribution in [3.05, 3.63) is 89.5 Å². The van der Waals surface area contributed by atoms with Gasteiger partial charge >= 0.3 is 5.97 Å². The summed E-state index contributed by atoms with van der Waals surface area (Å²) in [6, 6.07) is 23.9. The molecule has 0 saturated carbocycles. The van der Waals surface area contributed by atoms with Crippen LogP contribution < -0.4 is 14.2 Å². The van der Waals surface area contributed by atoms with Crippen LogP contribution in [0.3, 0.4) is 0 Å². The molecular formula is C27H26N2O6. The molecule has 1 atom stereocenters. The Kier molecular flexibility index (Phi) is 9.08. The first kappa shape index (κ1) is 25.1. The molecule has 0 spiro atoms. The van der Waals surface area contributed by atoms with Gasteiger partial charge in [0.2, 0.25) is 0 Å². The van der Waals surface area contributed by atoms with Crippen LogP contribution in [0.4, 0.5) is 0 Å². The Hall–Kier alpha value is -4.51. The summed E-state index contributed by atoms with van der Waals surface area (Å²) in [5, 5.41) is 22.2. The number of carboxylic acid groups (broad SMARTS) is 1. The van der Waals surface area contributed by atoms with Crippen molar-refractivity contribution in [2.24, 2.45) is 5.16 Å². The third-order valence-corrected chi connectivity index (χ3v) is 5.15. The monoisotopic (exact) mass is 474 g/mol. The number of hydrogen-bond donors (Lipinski definition) is 1. The van der Waals surface area contributed by atoms with Crippen LogP contribution >= 0.6 is 0 Å². The molecule has 0 aliphatic carbocycles. The van der Waals surface area contributed by atoms with E-state index in [1.54, 1.807) is 31.4 Å². The molecule has 1 unspecified atom stereocenters. The smallest absolute Gasteiger partial charge is 0.305 e. The van der Waals surface area contributed by atoms with Crippen molar-refractivity contribution in [3.63, 3.8) is 0 Å². The summed E-state index contributed by atoms with van der Waals surface area (Å²) in [6.07, 6.45) is -0.232. The SMILES string of the molecule is CO/N=C(\COc1ccc(COc2ccc(C(C#N)CC(=O)O)cc2)cc1)c1ccc(OC)cc1. The fraction of sp³-hybridized carbons (Fsp3) is 0.222. The molecule has 3 aromatic carbocycles. The maximum absolute atomic E-state index is 10.9. The van der Waals surface area contributed by atoms with Crippen LogP contribution in [0.1, 0.15) is 29.0 Å². The van der Waals surface area contributed by atoms with Crippen molar-refractivity contribution in [2.75, 3.05) is 20.8 Å². The third kappa shape index (κ3) is 7.51. The minimum atomic E-state index is -1.01. The van der Waals surface area contributed by atoms with Gasteiger partial charge in [-0.1, -0.05) is 29.4 Å². The van der Waals surface area contributed by atoms with Gasteiger partial charge in [-0.15, -0.1) is 0 Å². The van der Waals surface area contributed by atoms with Crippen LogP contribution in [0.15, 0.2) is 78.0 Å². The van der Waals surface area contributed by atoms with E-state index in [4.69, 9.17) is 24.2 Å². The minimum absolute atomic E-state index is 0.230. The number of carboxylic acids is 1. The number of aliphatic carboxylic acids is 1. The van der Waals surface area contributed by atoms with Gasteiger partial charge in [0, 0.05) is 5.56 Å². The highest BCUT2D eigenvalue weighted by molar-refractivity contribution is 6.01. The number of ether oxygens (including phenoxy) is 3. The average molecular weight is 475 g/mol. The minimum Gasteiger partial charge on any atom is -0.497 e. The number of nitrogens with zero attached hydrogens (tertiary/aromatic N) is 2. The Labute approximate surface area is 203 Å². The van der Waals surface area contributed by atoms with E-state index >= 15 is 0 Å². The molecule has 8 heteroatoms. The van der Waals surface area contributed by atoms with Gasteiger partial charge in [-0.2, -0.15) is 5.26 Å². The zero-order valence-corrected chi connectivity index (χ0v) is 19.5. The van der Waals surface area contributed by atoms with E-state index < -0.39 is 11.9 Å². The number of hydrogen-bond acceptors (Lipinski definition) is 7. The zero-order chi connectivity index (χ0) is 25.0. The summed E-state index contributed by atoms with van der Waals surface area (Å²) in [5.74, 6) is 0.364.